The van der Waals surface area contributed by atoms with Crippen LogP contribution < -0.4 is 24.4 Å². The van der Waals surface area contributed by atoms with Gasteiger partial charge in [0.2, 0.25) is 16.9 Å². The Morgan fingerprint density at radius 3 is 1.94 bits per heavy atom. The Bertz CT molecular complexity index is 1240. The summed E-state index contributed by atoms with van der Waals surface area (Å²) in [5.74, 6) is -3.23. The lowest BCUT2D eigenvalue weighted by Gasteiger charge is -2.16. The summed E-state index contributed by atoms with van der Waals surface area (Å²) in [7, 11) is 1.24. The molecule has 0 aliphatic rings. The van der Waals surface area contributed by atoms with E-state index < -0.39 is 23.3 Å². The predicted molar refractivity (Wildman–Crippen MR) is 108 cm³/mol. The van der Waals surface area contributed by atoms with Crippen LogP contribution in [-0.2, 0) is 14.4 Å². The maximum atomic E-state index is 13.4. The van der Waals surface area contributed by atoms with E-state index in [9.17, 15) is 19.2 Å². The molecule has 2 aromatic carbocycles. The smallest absolute Gasteiger partial charge is 0.308 e. The molecular formula is C22H18O9. The third-order valence-electron chi connectivity index (χ3n) is 4.00. The van der Waals surface area contributed by atoms with Crippen molar-refractivity contribution in [1.82, 2.24) is 0 Å². The Morgan fingerprint density at radius 1 is 0.806 bits per heavy atom. The number of esters is 3. The number of ether oxygens (including phenoxy) is 4. The van der Waals surface area contributed by atoms with Gasteiger partial charge in [-0.3, -0.25) is 19.2 Å². The second-order valence-corrected chi connectivity index (χ2v) is 6.35. The maximum Gasteiger partial charge on any atom is 0.308 e. The second-order valence-electron chi connectivity index (χ2n) is 6.35. The zero-order chi connectivity index (χ0) is 22.7. The normalized spacial score (nSPS) is 10.5. The molecule has 0 saturated heterocycles. The second kappa shape index (κ2) is 8.70. The highest BCUT2D eigenvalue weighted by Gasteiger charge is 2.28. The fraction of sp³-hybridized carbons (Fsp3) is 0.182. The summed E-state index contributed by atoms with van der Waals surface area (Å²) in [5, 5.41) is -0.223. The molecule has 1 heterocycles. The van der Waals surface area contributed by atoms with Gasteiger partial charge in [-0.25, -0.2) is 0 Å². The molecule has 9 nitrogen and oxygen atoms in total. The summed E-state index contributed by atoms with van der Waals surface area (Å²) in [5.41, 5.74) is -0.399. The first-order valence-electron chi connectivity index (χ1n) is 9.05. The topological polar surface area (TPSA) is 118 Å². The molecule has 0 fully saturated rings. The molecule has 0 bridgehead atoms. The highest BCUT2D eigenvalue weighted by atomic mass is 16.6. The van der Waals surface area contributed by atoms with Gasteiger partial charge in [0, 0.05) is 32.4 Å². The first-order valence-corrected chi connectivity index (χ1v) is 9.05. The van der Waals surface area contributed by atoms with Crippen LogP contribution in [-0.4, -0.2) is 25.0 Å². The molecular weight excluding hydrogens is 408 g/mol. The van der Waals surface area contributed by atoms with Crippen molar-refractivity contribution < 1.29 is 37.7 Å². The van der Waals surface area contributed by atoms with Crippen LogP contribution in [0.3, 0.4) is 0 Å². The summed E-state index contributed by atoms with van der Waals surface area (Å²) >= 11 is 0. The summed E-state index contributed by atoms with van der Waals surface area (Å²) in [6, 6.07) is 9.74. The number of carbonyl (C=O) groups is 3. The van der Waals surface area contributed by atoms with Gasteiger partial charge >= 0.3 is 17.9 Å². The van der Waals surface area contributed by atoms with E-state index in [4.69, 9.17) is 23.4 Å². The lowest BCUT2D eigenvalue weighted by atomic mass is 10.1. The Kier molecular flexibility index (Phi) is 6.05. The number of methoxy groups -OCH3 is 1. The lowest BCUT2D eigenvalue weighted by molar-refractivity contribution is -0.133. The standard InChI is InChI=1S/C22H18O9/c1-11(23)28-16-10-15-17(21(20(16)27-4)29-12(2)24)18(26)22(30-13(3)25)19(31-15)14-8-6-5-7-9-14/h5-10H,1-4H3. The highest BCUT2D eigenvalue weighted by Crippen LogP contribution is 2.45. The van der Waals surface area contributed by atoms with Crippen molar-refractivity contribution in [2.75, 3.05) is 7.11 Å². The van der Waals surface area contributed by atoms with Gasteiger partial charge in [0.25, 0.3) is 0 Å². The number of carbonyl (C=O) groups excluding carboxylic acids is 3. The Labute approximate surface area is 176 Å². The molecule has 0 saturated carbocycles. The monoisotopic (exact) mass is 426 g/mol. The van der Waals surface area contributed by atoms with Crippen LogP contribution in [0.2, 0.25) is 0 Å². The molecule has 0 radical (unpaired) electrons. The van der Waals surface area contributed by atoms with Gasteiger partial charge in [-0.05, 0) is 0 Å². The average Bonchev–Trinajstić information content (AvgIpc) is 2.69. The van der Waals surface area contributed by atoms with E-state index in [1.165, 1.54) is 20.1 Å². The average molecular weight is 426 g/mol. The summed E-state index contributed by atoms with van der Waals surface area (Å²) in [6.07, 6.45) is 0. The van der Waals surface area contributed by atoms with Crippen molar-refractivity contribution in [3.8, 4) is 34.3 Å². The van der Waals surface area contributed by atoms with E-state index in [2.05, 4.69) is 0 Å². The van der Waals surface area contributed by atoms with Gasteiger partial charge in [-0.2, -0.15) is 0 Å². The van der Waals surface area contributed by atoms with Gasteiger partial charge in [0.15, 0.2) is 17.3 Å². The molecule has 1 aromatic heterocycles. The minimum atomic E-state index is -0.778. The van der Waals surface area contributed by atoms with E-state index >= 15 is 0 Å². The molecule has 0 aliphatic carbocycles. The van der Waals surface area contributed by atoms with Crippen molar-refractivity contribution >= 4 is 28.9 Å². The number of hydrogen-bond donors (Lipinski definition) is 0. The molecule has 9 heteroatoms. The van der Waals surface area contributed by atoms with Crippen LogP contribution in [0.5, 0.6) is 23.0 Å². The summed E-state index contributed by atoms with van der Waals surface area (Å²) in [4.78, 5) is 48.3. The molecule has 160 valence electrons. The van der Waals surface area contributed by atoms with Crippen LogP contribution in [0.25, 0.3) is 22.3 Å². The number of fused-ring (bicyclic) bond motifs is 1. The van der Waals surface area contributed by atoms with Gasteiger partial charge in [-0.15, -0.1) is 0 Å². The molecule has 0 atom stereocenters. The van der Waals surface area contributed by atoms with E-state index in [1.807, 2.05) is 0 Å². The third kappa shape index (κ3) is 4.40. The Balaban J connectivity index is 2.48. The van der Waals surface area contributed by atoms with Crippen molar-refractivity contribution in [3.05, 3.63) is 46.6 Å². The zero-order valence-electron chi connectivity index (χ0n) is 17.1. The quantitative estimate of drug-likeness (QED) is 0.447. The SMILES string of the molecule is COc1c(OC(C)=O)cc2oc(-c3ccccc3)c(OC(C)=O)c(=O)c2c1OC(C)=O. The number of hydrogen-bond acceptors (Lipinski definition) is 9. The van der Waals surface area contributed by atoms with E-state index in [0.29, 0.717) is 5.56 Å². The number of benzene rings is 2. The molecule has 0 aliphatic heterocycles. The lowest BCUT2D eigenvalue weighted by Crippen LogP contribution is -2.16. The maximum absolute atomic E-state index is 13.4. The van der Waals surface area contributed by atoms with Gasteiger partial charge in [0.05, 0.1) is 7.11 Å². The van der Waals surface area contributed by atoms with E-state index in [-0.39, 0.29) is 39.7 Å². The van der Waals surface area contributed by atoms with Crippen LogP contribution in [0, 0.1) is 0 Å². The minimum absolute atomic E-state index is 0.0268. The van der Waals surface area contributed by atoms with Crippen LogP contribution >= 0.6 is 0 Å². The van der Waals surface area contributed by atoms with Crippen molar-refractivity contribution in [1.29, 1.82) is 0 Å². The van der Waals surface area contributed by atoms with Crippen molar-refractivity contribution in [3.63, 3.8) is 0 Å². The third-order valence-corrected chi connectivity index (χ3v) is 4.00. The van der Waals surface area contributed by atoms with Crippen LogP contribution in [0.4, 0.5) is 0 Å². The highest BCUT2D eigenvalue weighted by molar-refractivity contribution is 5.94. The van der Waals surface area contributed by atoms with Gasteiger partial charge in [-0.1, -0.05) is 30.3 Å². The van der Waals surface area contributed by atoms with Crippen LogP contribution in [0.15, 0.2) is 45.6 Å². The Morgan fingerprint density at radius 2 is 1.39 bits per heavy atom. The first kappa shape index (κ1) is 21.6. The minimum Gasteiger partial charge on any atom is -0.490 e. The Hall–Kier alpha value is -4.14. The van der Waals surface area contributed by atoms with Gasteiger partial charge in [0.1, 0.15) is 11.0 Å². The van der Waals surface area contributed by atoms with E-state index in [1.54, 1.807) is 30.3 Å². The first-order chi connectivity index (χ1) is 14.7. The molecule has 0 spiro atoms. The molecule has 3 rings (SSSR count). The largest absolute Gasteiger partial charge is 0.490 e. The van der Waals surface area contributed by atoms with Crippen LogP contribution in [0.1, 0.15) is 20.8 Å². The molecule has 31 heavy (non-hydrogen) atoms. The molecule has 0 unspecified atom stereocenters. The molecule has 3 aromatic rings. The molecule has 0 amide bonds. The van der Waals surface area contributed by atoms with Crippen molar-refractivity contribution in [2.24, 2.45) is 0 Å². The fourth-order valence-electron chi connectivity index (χ4n) is 2.94. The molecule has 0 N–H and O–H groups in total. The van der Waals surface area contributed by atoms with E-state index in [0.717, 1.165) is 13.8 Å². The van der Waals surface area contributed by atoms with Gasteiger partial charge < -0.3 is 23.4 Å². The fourth-order valence-corrected chi connectivity index (χ4v) is 2.94. The summed E-state index contributed by atoms with van der Waals surface area (Å²) in [6.45, 7) is 3.43. The summed E-state index contributed by atoms with van der Waals surface area (Å²) < 4.78 is 26.6. The van der Waals surface area contributed by atoms with Crippen molar-refractivity contribution in [2.45, 2.75) is 20.8 Å². The zero-order valence-corrected chi connectivity index (χ0v) is 17.1. The number of rotatable bonds is 5. The predicted octanol–water partition coefficient (Wildman–Crippen LogP) is 3.24.